The predicted molar refractivity (Wildman–Crippen MR) is 105 cm³/mol. The second-order valence-electron chi connectivity index (χ2n) is 5.83. The molecule has 3 rings (SSSR count). The number of thiazole rings is 1. The van der Waals surface area contributed by atoms with Crippen molar-refractivity contribution >= 4 is 28.8 Å². The van der Waals surface area contributed by atoms with Gasteiger partial charge in [0.15, 0.2) is 6.10 Å². The molecule has 134 valence electrons. The molecular formula is C20H19ClN2O2S. The smallest absolute Gasteiger partial charge is 0.261 e. The van der Waals surface area contributed by atoms with Gasteiger partial charge in [-0.25, -0.2) is 4.98 Å². The Morgan fingerprint density at radius 3 is 2.65 bits per heavy atom. The maximum absolute atomic E-state index is 12.2. The van der Waals surface area contributed by atoms with Gasteiger partial charge in [0.2, 0.25) is 0 Å². The molecule has 1 atom stereocenters. The fraction of sp³-hybridized carbons (Fsp3) is 0.200. The quantitative estimate of drug-likeness (QED) is 0.651. The zero-order valence-electron chi connectivity index (χ0n) is 14.3. The lowest BCUT2D eigenvalue weighted by atomic mass is 10.2. The number of benzene rings is 2. The van der Waals surface area contributed by atoms with Crippen molar-refractivity contribution in [3.8, 4) is 5.75 Å². The second-order valence-corrected chi connectivity index (χ2v) is 7.21. The number of carbonyl (C=O) groups excluding carboxylic acids is 1. The molecule has 0 saturated carbocycles. The van der Waals surface area contributed by atoms with E-state index in [1.54, 1.807) is 42.5 Å². The van der Waals surface area contributed by atoms with E-state index in [4.69, 9.17) is 16.3 Å². The lowest BCUT2D eigenvalue weighted by molar-refractivity contribution is -0.127. The van der Waals surface area contributed by atoms with Gasteiger partial charge < -0.3 is 10.1 Å². The zero-order valence-corrected chi connectivity index (χ0v) is 15.9. The van der Waals surface area contributed by atoms with E-state index in [2.05, 4.69) is 22.4 Å². The first-order chi connectivity index (χ1) is 12.6. The van der Waals surface area contributed by atoms with E-state index in [9.17, 15) is 4.79 Å². The molecule has 3 aromatic rings. The third-order valence-corrected chi connectivity index (χ3v) is 4.89. The van der Waals surface area contributed by atoms with Crippen LogP contribution in [0.4, 0.5) is 0 Å². The molecule has 0 saturated heterocycles. The molecule has 1 amide bonds. The standard InChI is InChI=1S/C20H19ClN2O2S/c1-14(25-18-9-7-16(21)8-10-18)20(24)22-12-17-13-26-19(23-17)11-15-5-3-2-4-6-15/h2-10,13-14H,11-12H2,1H3,(H,22,24). The van der Waals surface area contributed by atoms with Crippen molar-refractivity contribution in [1.82, 2.24) is 10.3 Å². The van der Waals surface area contributed by atoms with E-state index in [0.29, 0.717) is 17.3 Å². The summed E-state index contributed by atoms with van der Waals surface area (Å²) >= 11 is 7.44. The molecule has 0 aliphatic rings. The zero-order chi connectivity index (χ0) is 18.4. The van der Waals surface area contributed by atoms with Crippen LogP contribution in [0.3, 0.4) is 0 Å². The molecule has 0 bridgehead atoms. The first-order valence-electron chi connectivity index (χ1n) is 8.27. The summed E-state index contributed by atoms with van der Waals surface area (Å²) < 4.78 is 5.62. The van der Waals surface area contributed by atoms with Gasteiger partial charge in [-0.1, -0.05) is 41.9 Å². The number of halogens is 1. The summed E-state index contributed by atoms with van der Waals surface area (Å²) in [4.78, 5) is 16.8. The highest BCUT2D eigenvalue weighted by molar-refractivity contribution is 7.09. The number of aromatic nitrogens is 1. The summed E-state index contributed by atoms with van der Waals surface area (Å²) in [6.45, 7) is 2.10. The maximum atomic E-state index is 12.2. The lowest BCUT2D eigenvalue weighted by Gasteiger charge is -2.14. The molecule has 2 aromatic carbocycles. The number of hydrogen-bond donors (Lipinski definition) is 1. The normalized spacial score (nSPS) is 11.8. The van der Waals surface area contributed by atoms with Crippen molar-refractivity contribution in [2.24, 2.45) is 0 Å². The lowest BCUT2D eigenvalue weighted by Crippen LogP contribution is -2.35. The van der Waals surface area contributed by atoms with E-state index < -0.39 is 6.10 Å². The van der Waals surface area contributed by atoms with E-state index in [1.807, 2.05) is 23.6 Å². The Kier molecular flexibility index (Phi) is 6.26. The van der Waals surface area contributed by atoms with E-state index in [0.717, 1.165) is 17.1 Å². The molecule has 6 heteroatoms. The summed E-state index contributed by atoms with van der Waals surface area (Å²) in [5, 5.41) is 6.50. The molecule has 4 nitrogen and oxygen atoms in total. The SMILES string of the molecule is CC(Oc1ccc(Cl)cc1)C(=O)NCc1csc(Cc2ccccc2)n1. The Morgan fingerprint density at radius 1 is 1.19 bits per heavy atom. The summed E-state index contributed by atoms with van der Waals surface area (Å²) in [5.74, 6) is 0.424. The van der Waals surface area contributed by atoms with Crippen LogP contribution in [-0.4, -0.2) is 17.0 Å². The van der Waals surface area contributed by atoms with Crippen molar-refractivity contribution in [3.05, 3.63) is 81.3 Å². The molecule has 0 aliphatic carbocycles. The van der Waals surface area contributed by atoms with Gasteiger partial charge in [0.25, 0.3) is 5.91 Å². The molecule has 1 N–H and O–H groups in total. The molecule has 0 spiro atoms. The van der Waals surface area contributed by atoms with Crippen LogP contribution >= 0.6 is 22.9 Å². The summed E-state index contributed by atoms with van der Waals surface area (Å²) in [7, 11) is 0. The molecule has 0 fully saturated rings. The van der Waals surface area contributed by atoms with Crippen LogP contribution in [-0.2, 0) is 17.8 Å². The van der Waals surface area contributed by atoms with Crippen molar-refractivity contribution in [1.29, 1.82) is 0 Å². The third-order valence-electron chi connectivity index (χ3n) is 3.74. The van der Waals surface area contributed by atoms with Crippen molar-refractivity contribution in [2.75, 3.05) is 0 Å². The van der Waals surface area contributed by atoms with E-state index in [-0.39, 0.29) is 5.91 Å². The highest BCUT2D eigenvalue weighted by Crippen LogP contribution is 2.17. The largest absolute Gasteiger partial charge is 0.481 e. The van der Waals surface area contributed by atoms with E-state index >= 15 is 0 Å². The average molecular weight is 387 g/mol. The summed E-state index contributed by atoms with van der Waals surface area (Å²) in [5.41, 5.74) is 2.08. The molecule has 1 aromatic heterocycles. The molecular weight excluding hydrogens is 368 g/mol. The van der Waals surface area contributed by atoms with Crippen LogP contribution in [0.1, 0.15) is 23.2 Å². The number of carbonyl (C=O) groups is 1. The molecule has 26 heavy (non-hydrogen) atoms. The van der Waals surface area contributed by atoms with E-state index in [1.165, 1.54) is 5.56 Å². The van der Waals surface area contributed by atoms with Crippen molar-refractivity contribution in [3.63, 3.8) is 0 Å². The van der Waals surface area contributed by atoms with Crippen molar-refractivity contribution < 1.29 is 9.53 Å². The van der Waals surface area contributed by atoms with Gasteiger partial charge >= 0.3 is 0 Å². The highest BCUT2D eigenvalue weighted by atomic mass is 35.5. The summed E-state index contributed by atoms with van der Waals surface area (Å²) in [6, 6.07) is 17.1. The van der Waals surface area contributed by atoms with Gasteiger partial charge in [0, 0.05) is 16.8 Å². The minimum atomic E-state index is -0.599. The van der Waals surface area contributed by atoms with Gasteiger partial charge in [-0.15, -0.1) is 11.3 Å². The first-order valence-corrected chi connectivity index (χ1v) is 9.53. The van der Waals surface area contributed by atoms with Crippen molar-refractivity contribution in [2.45, 2.75) is 26.0 Å². The van der Waals surface area contributed by atoms with Crippen LogP contribution < -0.4 is 10.1 Å². The Balaban J connectivity index is 1.49. The van der Waals surface area contributed by atoms with Gasteiger partial charge in [-0.05, 0) is 36.8 Å². The maximum Gasteiger partial charge on any atom is 0.261 e. The molecule has 0 radical (unpaired) electrons. The van der Waals surface area contributed by atoms with Gasteiger partial charge in [0.1, 0.15) is 5.75 Å². The topological polar surface area (TPSA) is 51.2 Å². The number of amides is 1. The Labute approximate surface area is 161 Å². The Bertz CT molecular complexity index is 850. The van der Waals surface area contributed by atoms with Gasteiger partial charge in [-0.3, -0.25) is 4.79 Å². The fourth-order valence-corrected chi connectivity index (χ4v) is 3.33. The predicted octanol–water partition coefficient (Wildman–Crippen LogP) is 4.47. The highest BCUT2D eigenvalue weighted by Gasteiger charge is 2.15. The van der Waals surface area contributed by atoms with Gasteiger partial charge in [0.05, 0.1) is 17.2 Å². The Morgan fingerprint density at radius 2 is 1.92 bits per heavy atom. The fourth-order valence-electron chi connectivity index (χ4n) is 2.37. The van der Waals surface area contributed by atoms with Crippen LogP contribution in [0.2, 0.25) is 5.02 Å². The third kappa shape index (κ3) is 5.31. The minimum absolute atomic E-state index is 0.183. The van der Waals surface area contributed by atoms with Crippen LogP contribution in [0.5, 0.6) is 5.75 Å². The number of nitrogens with one attached hydrogen (secondary N) is 1. The van der Waals surface area contributed by atoms with Crippen LogP contribution in [0.15, 0.2) is 60.0 Å². The number of ether oxygens (including phenoxy) is 1. The van der Waals surface area contributed by atoms with Crippen LogP contribution in [0, 0.1) is 0 Å². The van der Waals surface area contributed by atoms with Crippen LogP contribution in [0.25, 0.3) is 0 Å². The summed E-state index contributed by atoms with van der Waals surface area (Å²) in [6.07, 6.45) is 0.203. The minimum Gasteiger partial charge on any atom is -0.481 e. The molecule has 0 aliphatic heterocycles. The number of hydrogen-bond acceptors (Lipinski definition) is 4. The Hall–Kier alpha value is -2.37. The number of nitrogens with zero attached hydrogens (tertiary/aromatic N) is 1. The monoisotopic (exact) mass is 386 g/mol. The van der Waals surface area contributed by atoms with Gasteiger partial charge in [-0.2, -0.15) is 0 Å². The second kappa shape index (κ2) is 8.83. The molecule has 1 heterocycles. The average Bonchev–Trinajstić information content (AvgIpc) is 3.09. The first kappa shape index (κ1) is 18.4. The number of rotatable bonds is 7. The molecule has 1 unspecified atom stereocenters.